The molecule has 1 aromatic carbocycles. The second kappa shape index (κ2) is 7.30. The van der Waals surface area contributed by atoms with Crippen LogP contribution in [-0.4, -0.2) is 27.7 Å². The van der Waals surface area contributed by atoms with Crippen molar-refractivity contribution in [3.05, 3.63) is 53.9 Å². The Bertz CT molecular complexity index is 617. The third-order valence-corrected chi connectivity index (χ3v) is 2.84. The molecule has 3 N–H and O–H groups in total. The number of benzene rings is 1. The smallest absolute Gasteiger partial charge is 0.258 e. The van der Waals surface area contributed by atoms with Crippen LogP contribution in [-0.2, 0) is 11.3 Å². The number of nitrogens with one attached hydrogen (secondary N) is 1. The maximum absolute atomic E-state index is 11.6. The van der Waals surface area contributed by atoms with E-state index in [2.05, 4.69) is 15.5 Å². The lowest BCUT2D eigenvalue weighted by molar-refractivity contribution is -0.123. The van der Waals surface area contributed by atoms with Gasteiger partial charge in [0.2, 0.25) is 0 Å². The molecule has 108 valence electrons. The summed E-state index contributed by atoms with van der Waals surface area (Å²) in [5.41, 5.74) is 6.94. The second-order valence-electron chi connectivity index (χ2n) is 4.17. The summed E-state index contributed by atoms with van der Waals surface area (Å²) in [4.78, 5) is 12.0. The van der Waals surface area contributed by atoms with Crippen molar-refractivity contribution in [3.8, 4) is 5.75 Å². The van der Waals surface area contributed by atoms with Gasteiger partial charge in [0.1, 0.15) is 10.7 Å². The first-order chi connectivity index (χ1) is 10.1. The highest BCUT2D eigenvalue weighted by molar-refractivity contribution is 7.80. The van der Waals surface area contributed by atoms with Crippen LogP contribution in [0.4, 0.5) is 0 Å². The average molecular weight is 302 g/mol. The van der Waals surface area contributed by atoms with E-state index in [0.29, 0.717) is 23.0 Å². The molecule has 2 rings (SSSR count). The van der Waals surface area contributed by atoms with Crippen molar-refractivity contribution in [1.82, 2.24) is 15.5 Å². The van der Waals surface area contributed by atoms with Gasteiger partial charge in [0.15, 0.2) is 6.61 Å². The summed E-state index contributed by atoms with van der Waals surface area (Å²) in [6, 6.07) is 10.5. The minimum absolute atomic E-state index is 0.0767. The Labute approximate surface area is 127 Å². The van der Waals surface area contributed by atoms with Crippen LogP contribution in [0.2, 0.25) is 0 Å². The van der Waals surface area contributed by atoms with Gasteiger partial charge in [0.25, 0.3) is 5.91 Å². The molecule has 0 aliphatic carbocycles. The van der Waals surface area contributed by atoms with E-state index in [0.717, 1.165) is 5.56 Å². The van der Waals surface area contributed by atoms with Gasteiger partial charge < -0.3 is 15.8 Å². The molecule has 0 aliphatic heterocycles. The van der Waals surface area contributed by atoms with Crippen LogP contribution in [0.25, 0.3) is 0 Å². The topological polar surface area (TPSA) is 90.1 Å². The fourth-order valence-corrected chi connectivity index (χ4v) is 1.67. The number of ether oxygens (including phenoxy) is 1. The van der Waals surface area contributed by atoms with Crippen molar-refractivity contribution in [2.45, 2.75) is 6.54 Å². The predicted octanol–water partition coefficient (Wildman–Crippen LogP) is 0.806. The molecular weight excluding hydrogens is 288 g/mol. The molecular formula is C14H14N4O2S. The summed E-state index contributed by atoms with van der Waals surface area (Å²) in [7, 11) is 0. The quantitative estimate of drug-likeness (QED) is 0.767. The molecule has 0 saturated carbocycles. The molecule has 1 amide bonds. The number of nitrogens with zero attached hydrogens (tertiary/aromatic N) is 2. The predicted molar refractivity (Wildman–Crippen MR) is 81.7 cm³/mol. The molecule has 0 aliphatic rings. The molecule has 0 saturated heterocycles. The van der Waals surface area contributed by atoms with Crippen LogP contribution in [0.1, 0.15) is 11.3 Å². The fraction of sp³-hybridized carbons (Fsp3) is 0.143. The molecule has 0 bridgehead atoms. The molecule has 21 heavy (non-hydrogen) atoms. The van der Waals surface area contributed by atoms with E-state index in [1.165, 1.54) is 0 Å². The van der Waals surface area contributed by atoms with E-state index >= 15 is 0 Å². The SMILES string of the molecule is NC(=S)c1ccc(OCC(=O)NCc2cccnn2)cc1. The van der Waals surface area contributed by atoms with Gasteiger partial charge in [-0.2, -0.15) is 10.2 Å². The van der Waals surface area contributed by atoms with Crippen molar-refractivity contribution in [1.29, 1.82) is 0 Å². The van der Waals surface area contributed by atoms with E-state index in [1.54, 1.807) is 42.6 Å². The van der Waals surface area contributed by atoms with Gasteiger partial charge >= 0.3 is 0 Å². The Morgan fingerprint density at radius 2 is 2.05 bits per heavy atom. The van der Waals surface area contributed by atoms with Crippen LogP contribution in [0, 0.1) is 0 Å². The van der Waals surface area contributed by atoms with Crippen molar-refractivity contribution >= 4 is 23.1 Å². The van der Waals surface area contributed by atoms with E-state index in [1.807, 2.05) is 0 Å². The number of carbonyl (C=O) groups is 1. The Balaban J connectivity index is 1.77. The molecule has 0 fully saturated rings. The van der Waals surface area contributed by atoms with Crippen LogP contribution >= 0.6 is 12.2 Å². The van der Waals surface area contributed by atoms with Crippen LogP contribution in [0.5, 0.6) is 5.75 Å². The molecule has 6 nitrogen and oxygen atoms in total. The Morgan fingerprint density at radius 1 is 1.29 bits per heavy atom. The maximum atomic E-state index is 11.6. The summed E-state index contributed by atoms with van der Waals surface area (Å²) in [6.45, 7) is 0.239. The number of thiocarbonyl (C=S) groups is 1. The first-order valence-corrected chi connectivity index (χ1v) is 6.62. The van der Waals surface area contributed by atoms with Crippen LogP contribution < -0.4 is 15.8 Å². The lowest BCUT2D eigenvalue weighted by atomic mass is 10.2. The van der Waals surface area contributed by atoms with Gasteiger partial charge in [-0.1, -0.05) is 12.2 Å². The standard InChI is InChI=1S/C14H14N4O2S/c15-14(21)10-3-5-12(6-4-10)20-9-13(19)16-8-11-2-1-7-17-18-11/h1-7H,8-9H2,(H2,15,21)(H,16,19). The number of hydrogen-bond acceptors (Lipinski definition) is 5. The largest absolute Gasteiger partial charge is 0.484 e. The molecule has 0 spiro atoms. The van der Waals surface area contributed by atoms with Crippen molar-refractivity contribution in [3.63, 3.8) is 0 Å². The number of rotatable bonds is 6. The minimum Gasteiger partial charge on any atom is -0.484 e. The van der Waals surface area contributed by atoms with E-state index < -0.39 is 0 Å². The molecule has 2 aromatic rings. The van der Waals surface area contributed by atoms with Gasteiger partial charge in [-0.15, -0.1) is 0 Å². The summed E-state index contributed by atoms with van der Waals surface area (Å²) in [5, 5.41) is 10.3. The van der Waals surface area contributed by atoms with Gasteiger partial charge in [0.05, 0.1) is 12.2 Å². The Kier molecular flexibility index (Phi) is 5.16. The van der Waals surface area contributed by atoms with Gasteiger partial charge in [-0.05, 0) is 36.4 Å². The second-order valence-corrected chi connectivity index (χ2v) is 4.61. The monoisotopic (exact) mass is 302 g/mol. The summed E-state index contributed by atoms with van der Waals surface area (Å²) >= 11 is 4.85. The lowest BCUT2D eigenvalue weighted by Gasteiger charge is -2.07. The number of amides is 1. The third kappa shape index (κ3) is 4.81. The molecule has 0 unspecified atom stereocenters. The number of aromatic nitrogens is 2. The maximum Gasteiger partial charge on any atom is 0.258 e. The summed E-state index contributed by atoms with van der Waals surface area (Å²) < 4.78 is 5.36. The molecule has 7 heteroatoms. The molecule has 0 atom stereocenters. The van der Waals surface area contributed by atoms with E-state index in [-0.39, 0.29) is 12.5 Å². The average Bonchev–Trinajstić information content (AvgIpc) is 2.52. The summed E-state index contributed by atoms with van der Waals surface area (Å²) in [6.07, 6.45) is 1.57. The Hall–Kier alpha value is -2.54. The number of hydrogen-bond donors (Lipinski definition) is 2. The zero-order valence-electron chi connectivity index (χ0n) is 11.2. The highest BCUT2D eigenvalue weighted by Gasteiger charge is 2.04. The van der Waals surface area contributed by atoms with Crippen LogP contribution in [0.15, 0.2) is 42.6 Å². The first kappa shape index (κ1) is 14.9. The van der Waals surface area contributed by atoms with Crippen molar-refractivity contribution in [2.24, 2.45) is 5.73 Å². The van der Waals surface area contributed by atoms with Crippen LogP contribution in [0.3, 0.4) is 0 Å². The zero-order valence-corrected chi connectivity index (χ0v) is 12.0. The van der Waals surface area contributed by atoms with Crippen molar-refractivity contribution in [2.75, 3.05) is 6.61 Å². The fourth-order valence-electron chi connectivity index (χ4n) is 1.53. The van der Waals surface area contributed by atoms with Gasteiger partial charge in [0, 0.05) is 11.8 Å². The van der Waals surface area contributed by atoms with E-state index in [9.17, 15) is 4.79 Å². The zero-order chi connectivity index (χ0) is 15.1. The Morgan fingerprint density at radius 3 is 2.67 bits per heavy atom. The minimum atomic E-state index is -0.237. The normalized spacial score (nSPS) is 9.90. The highest BCUT2D eigenvalue weighted by Crippen LogP contribution is 2.11. The highest BCUT2D eigenvalue weighted by atomic mass is 32.1. The molecule has 1 heterocycles. The summed E-state index contributed by atoms with van der Waals surface area (Å²) in [5.74, 6) is 0.337. The van der Waals surface area contributed by atoms with Crippen molar-refractivity contribution < 1.29 is 9.53 Å². The van der Waals surface area contributed by atoms with E-state index in [4.69, 9.17) is 22.7 Å². The molecule has 1 aromatic heterocycles. The number of nitrogens with two attached hydrogens (primary N) is 1. The van der Waals surface area contributed by atoms with Gasteiger partial charge in [-0.25, -0.2) is 0 Å². The lowest BCUT2D eigenvalue weighted by Crippen LogP contribution is -2.28. The third-order valence-electron chi connectivity index (χ3n) is 2.60. The first-order valence-electron chi connectivity index (χ1n) is 6.21. The van der Waals surface area contributed by atoms with Gasteiger partial charge in [-0.3, -0.25) is 4.79 Å². The molecule has 0 radical (unpaired) electrons. The number of carbonyl (C=O) groups excluding carboxylic acids is 1.